The Kier molecular flexibility index (Phi) is 3.69. The normalized spacial score (nSPS) is 15.7. The molecule has 1 aromatic rings. The Bertz CT molecular complexity index is 424. The van der Waals surface area contributed by atoms with Crippen LogP contribution in [0.25, 0.3) is 10.4 Å². The van der Waals surface area contributed by atoms with Crippen LogP contribution in [-0.2, 0) is 13.0 Å². The SMILES string of the molecule is CC(C)Cc1[nH]nc(C2CCC2)c1CN=[N+]=[N-]. The van der Waals surface area contributed by atoms with Crippen LogP contribution >= 0.6 is 0 Å². The minimum Gasteiger partial charge on any atom is -0.282 e. The van der Waals surface area contributed by atoms with Crippen LogP contribution in [0.4, 0.5) is 0 Å². The lowest BCUT2D eigenvalue weighted by atomic mass is 9.81. The number of rotatable bonds is 5. The fraction of sp³-hybridized carbons (Fsp3) is 0.750. The number of nitrogens with one attached hydrogen (secondary N) is 1. The molecule has 0 aliphatic heterocycles. The van der Waals surface area contributed by atoms with Gasteiger partial charge in [-0.3, -0.25) is 5.10 Å². The molecule has 0 spiro atoms. The smallest absolute Gasteiger partial charge is 0.0689 e. The number of hydrogen-bond donors (Lipinski definition) is 1. The fourth-order valence-electron chi connectivity index (χ4n) is 2.29. The topological polar surface area (TPSA) is 77.4 Å². The summed E-state index contributed by atoms with van der Waals surface area (Å²) in [5, 5.41) is 11.3. The first-order chi connectivity index (χ1) is 8.22. The van der Waals surface area contributed by atoms with Crippen LogP contribution in [0.3, 0.4) is 0 Å². The summed E-state index contributed by atoms with van der Waals surface area (Å²) in [5.74, 6) is 1.16. The molecule has 0 radical (unpaired) electrons. The van der Waals surface area contributed by atoms with Crippen molar-refractivity contribution in [2.45, 2.75) is 52.0 Å². The van der Waals surface area contributed by atoms with E-state index < -0.39 is 0 Å². The largest absolute Gasteiger partial charge is 0.282 e. The predicted molar refractivity (Wildman–Crippen MR) is 66.6 cm³/mol. The number of aromatic amines is 1. The van der Waals surface area contributed by atoms with Crippen LogP contribution < -0.4 is 0 Å². The van der Waals surface area contributed by atoms with Gasteiger partial charge in [0.2, 0.25) is 0 Å². The van der Waals surface area contributed by atoms with Crippen molar-refractivity contribution in [1.82, 2.24) is 10.2 Å². The summed E-state index contributed by atoms with van der Waals surface area (Å²) in [6, 6.07) is 0. The molecule has 1 heterocycles. The number of H-pyrrole nitrogens is 1. The summed E-state index contributed by atoms with van der Waals surface area (Å²) in [6.45, 7) is 4.79. The summed E-state index contributed by atoms with van der Waals surface area (Å²) in [6.07, 6.45) is 4.69. The first-order valence-corrected chi connectivity index (χ1v) is 6.29. The molecule has 2 rings (SSSR count). The number of aromatic nitrogens is 2. The van der Waals surface area contributed by atoms with E-state index >= 15 is 0 Å². The van der Waals surface area contributed by atoms with Crippen molar-refractivity contribution >= 4 is 0 Å². The quantitative estimate of drug-likeness (QED) is 0.470. The highest BCUT2D eigenvalue weighted by molar-refractivity contribution is 5.29. The summed E-state index contributed by atoms with van der Waals surface area (Å²) in [7, 11) is 0. The lowest BCUT2D eigenvalue weighted by Crippen LogP contribution is -2.11. The Morgan fingerprint density at radius 1 is 1.53 bits per heavy atom. The molecule has 1 aliphatic carbocycles. The zero-order chi connectivity index (χ0) is 12.3. The maximum absolute atomic E-state index is 8.47. The molecule has 1 fully saturated rings. The van der Waals surface area contributed by atoms with Crippen LogP contribution in [0.2, 0.25) is 0 Å². The summed E-state index contributed by atoms with van der Waals surface area (Å²) >= 11 is 0. The fourth-order valence-corrected chi connectivity index (χ4v) is 2.29. The van der Waals surface area contributed by atoms with Gasteiger partial charge in [0.15, 0.2) is 0 Å². The van der Waals surface area contributed by atoms with E-state index in [1.807, 2.05) is 0 Å². The second-order valence-corrected chi connectivity index (χ2v) is 5.18. The Hall–Kier alpha value is -1.48. The van der Waals surface area contributed by atoms with Gasteiger partial charge in [-0.15, -0.1) is 0 Å². The lowest BCUT2D eigenvalue weighted by molar-refractivity contribution is 0.408. The Labute approximate surface area is 101 Å². The van der Waals surface area contributed by atoms with E-state index in [-0.39, 0.29) is 0 Å². The predicted octanol–water partition coefficient (Wildman–Crippen LogP) is 3.69. The highest BCUT2D eigenvalue weighted by atomic mass is 15.2. The number of nitrogens with zero attached hydrogens (tertiary/aromatic N) is 4. The molecule has 0 saturated heterocycles. The third kappa shape index (κ3) is 2.61. The number of azide groups is 1. The number of hydrogen-bond acceptors (Lipinski definition) is 2. The van der Waals surface area contributed by atoms with Crippen LogP contribution in [0.5, 0.6) is 0 Å². The first-order valence-electron chi connectivity index (χ1n) is 6.29. The standard InChI is InChI=1S/C12H19N5/c1-8(2)6-11-10(7-14-17-13)12(16-15-11)9-4-3-5-9/h8-9H,3-7H2,1-2H3,(H,15,16). The first kappa shape index (κ1) is 12.0. The van der Waals surface area contributed by atoms with Crippen LogP contribution in [-0.4, -0.2) is 10.2 Å². The van der Waals surface area contributed by atoms with Gasteiger partial charge in [-0.1, -0.05) is 25.4 Å². The van der Waals surface area contributed by atoms with E-state index in [4.69, 9.17) is 5.53 Å². The van der Waals surface area contributed by atoms with Gasteiger partial charge in [0.05, 0.1) is 12.2 Å². The van der Waals surface area contributed by atoms with Gasteiger partial charge in [-0.2, -0.15) is 5.10 Å². The average molecular weight is 233 g/mol. The van der Waals surface area contributed by atoms with Gasteiger partial charge in [-0.05, 0) is 30.7 Å². The van der Waals surface area contributed by atoms with Crippen molar-refractivity contribution in [3.05, 3.63) is 27.4 Å². The maximum Gasteiger partial charge on any atom is 0.0689 e. The van der Waals surface area contributed by atoms with Crippen molar-refractivity contribution in [3.63, 3.8) is 0 Å². The van der Waals surface area contributed by atoms with E-state index in [1.165, 1.54) is 19.3 Å². The average Bonchev–Trinajstić information content (AvgIpc) is 2.55. The molecule has 5 nitrogen and oxygen atoms in total. The summed E-state index contributed by atoms with van der Waals surface area (Å²) in [4.78, 5) is 2.86. The molecule has 0 bridgehead atoms. The second-order valence-electron chi connectivity index (χ2n) is 5.18. The highest BCUT2D eigenvalue weighted by Crippen LogP contribution is 2.38. The van der Waals surface area contributed by atoms with Gasteiger partial charge < -0.3 is 0 Å². The molecule has 17 heavy (non-hydrogen) atoms. The van der Waals surface area contributed by atoms with Gasteiger partial charge in [-0.25, -0.2) is 0 Å². The molecule has 0 amide bonds. The zero-order valence-corrected chi connectivity index (χ0v) is 10.5. The highest BCUT2D eigenvalue weighted by Gasteiger charge is 2.26. The van der Waals surface area contributed by atoms with Crippen LogP contribution in [0.15, 0.2) is 5.11 Å². The molecule has 1 aromatic heterocycles. The van der Waals surface area contributed by atoms with E-state index in [9.17, 15) is 0 Å². The van der Waals surface area contributed by atoms with E-state index in [2.05, 4.69) is 34.1 Å². The van der Waals surface area contributed by atoms with Gasteiger partial charge in [0.1, 0.15) is 0 Å². The zero-order valence-electron chi connectivity index (χ0n) is 10.5. The third-order valence-corrected chi connectivity index (χ3v) is 3.38. The van der Waals surface area contributed by atoms with Crippen molar-refractivity contribution in [2.75, 3.05) is 0 Å². The van der Waals surface area contributed by atoms with Crippen molar-refractivity contribution in [1.29, 1.82) is 0 Å². The van der Waals surface area contributed by atoms with Crippen LogP contribution in [0, 0.1) is 5.92 Å². The molecule has 1 saturated carbocycles. The maximum atomic E-state index is 8.47. The molecular weight excluding hydrogens is 214 g/mol. The van der Waals surface area contributed by atoms with Crippen molar-refractivity contribution in [2.24, 2.45) is 11.0 Å². The molecule has 0 aromatic carbocycles. The molecule has 1 N–H and O–H groups in total. The second kappa shape index (κ2) is 5.23. The lowest BCUT2D eigenvalue weighted by Gasteiger charge is -2.24. The molecule has 0 atom stereocenters. The minimum absolute atomic E-state index is 0.431. The van der Waals surface area contributed by atoms with Crippen LogP contribution in [0.1, 0.15) is 56.0 Å². The third-order valence-electron chi connectivity index (χ3n) is 3.38. The molecule has 1 aliphatic rings. The van der Waals surface area contributed by atoms with Crippen molar-refractivity contribution < 1.29 is 0 Å². The van der Waals surface area contributed by atoms with E-state index in [0.29, 0.717) is 18.4 Å². The Morgan fingerprint density at radius 3 is 2.82 bits per heavy atom. The van der Waals surface area contributed by atoms with Gasteiger partial charge in [0.25, 0.3) is 0 Å². The Balaban J connectivity index is 2.24. The van der Waals surface area contributed by atoms with Gasteiger partial charge in [0, 0.05) is 22.1 Å². The molecular formula is C12H19N5. The van der Waals surface area contributed by atoms with Gasteiger partial charge >= 0.3 is 0 Å². The summed E-state index contributed by atoms with van der Waals surface area (Å²) < 4.78 is 0. The molecule has 5 heteroatoms. The van der Waals surface area contributed by atoms with Crippen molar-refractivity contribution in [3.8, 4) is 0 Å². The van der Waals surface area contributed by atoms with E-state index in [0.717, 1.165) is 23.4 Å². The monoisotopic (exact) mass is 233 g/mol. The van der Waals surface area contributed by atoms with E-state index in [1.54, 1.807) is 0 Å². The summed E-state index contributed by atoms with van der Waals surface area (Å²) in [5.41, 5.74) is 11.9. The molecule has 92 valence electrons. The molecule has 0 unspecified atom stereocenters. The Morgan fingerprint density at radius 2 is 2.29 bits per heavy atom. The minimum atomic E-state index is 0.431.